The van der Waals surface area contributed by atoms with Gasteiger partial charge in [0.1, 0.15) is 5.60 Å². The van der Waals surface area contributed by atoms with E-state index in [9.17, 15) is 4.79 Å². The van der Waals surface area contributed by atoms with E-state index >= 15 is 0 Å². The molecule has 0 aliphatic heterocycles. The van der Waals surface area contributed by atoms with Crippen LogP contribution in [-0.2, 0) is 4.74 Å². The van der Waals surface area contributed by atoms with E-state index < -0.39 is 5.60 Å². The molecule has 0 bridgehead atoms. The third-order valence-electron chi connectivity index (χ3n) is 1.74. The molecule has 88 valence electrons. The van der Waals surface area contributed by atoms with E-state index in [-0.39, 0.29) is 6.09 Å². The average molecular weight is 239 g/mol. The molecule has 0 unspecified atom stereocenters. The summed E-state index contributed by atoms with van der Waals surface area (Å²) in [6, 6.07) is 1.89. The average Bonchev–Trinajstić information content (AvgIpc) is 2.63. The Morgan fingerprint density at radius 3 is 2.75 bits per heavy atom. The van der Waals surface area contributed by atoms with Gasteiger partial charge < -0.3 is 4.74 Å². The van der Waals surface area contributed by atoms with Crippen molar-refractivity contribution in [1.82, 2.24) is 0 Å². The highest BCUT2D eigenvalue weighted by atomic mass is 32.1. The van der Waals surface area contributed by atoms with Gasteiger partial charge in [0, 0.05) is 11.9 Å². The number of hydrogen-bond acceptors (Lipinski definition) is 3. The van der Waals surface area contributed by atoms with Gasteiger partial charge in [0.05, 0.1) is 5.69 Å². The molecule has 1 rings (SSSR count). The molecule has 1 aromatic heterocycles. The molecular weight excluding hydrogens is 222 g/mol. The van der Waals surface area contributed by atoms with Crippen LogP contribution in [0.1, 0.15) is 20.8 Å². The van der Waals surface area contributed by atoms with Crippen molar-refractivity contribution in [2.45, 2.75) is 26.4 Å². The summed E-state index contributed by atoms with van der Waals surface area (Å²) in [7, 11) is 0. The third kappa shape index (κ3) is 3.70. The maximum absolute atomic E-state index is 11.9. The molecule has 0 aromatic carbocycles. The van der Waals surface area contributed by atoms with Gasteiger partial charge in [-0.25, -0.2) is 4.79 Å². The summed E-state index contributed by atoms with van der Waals surface area (Å²) in [6.07, 6.45) is 1.34. The molecule has 1 heterocycles. The lowest BCUT2D eigenvalue weighted by Gasteiger charge is -2.25. The van der Waals surface area contributed by atoms with Gasteiger partial charge in [-0.2, -0.15) is 11.3 Å². The number of carbonyl (C=O) groups excluding carboxylic acids is 1. The molecular formula is C12H17NO2S. The van der Waals surface area contributed by atoms with Crippen LogP contribution in [0.15, 0.2) is 29.5 Å². The van der Waals surface area contributed by atoms with Crippen molar-refractivity contribution in [3.63, 3.8) is 0 Å². The van der Waals surface area contributed by atoms with Crippen LogP contribution in [0.2, 0.25) is 0 Å². The number of ether oxygens (including phenoxy) is 1. The van der Waals surface area contributed by atoms with Gasteiger partial charge >= 0.3 is 6.09 Å². The summed E-state index contributed by atoms with van der Waals surface area (Å²) in [5, 5.41) is 3.84. The van der Waals surface area contributed by atoms with Crippen LogP contribution in [0, 0.1) is 0 Å². The summed E-state index contributed by atoms with van der Waals surface area (Å²) in [5.74, 6) is 0. The van der Waals surface area contributed by atoms with Crippen molar-refractivity contribution in [1.29, 1.82) is 0 Å². The van der Waals surface area contributed by atoms with Gasteiger partial charge in [-0.3, -0.25) is 4.90 Å². The topological polar surface area (TPSA) is 29.5 Å². The second-order valence-electron chi connectivity index (χ2n) is 4.36. The quantitative estimate of drug-likeness (QED) is 0.753. The highest BCUT2D eigenvalue weighted by Gasteiger charge is 2.22. The largest absolute Gasteiger partial charge is 0.443 e. The standard InChI is InChI=1S/C12H17NO2S/c1-5-7-13(10-6-8-16-9-10)11(14)15-12(2,3)4/h5-6,8-9H,1,7H2,2-4H3. The SMILES string of the molecule is C=CCN(C(=O)OC(C)(C)C)c1ccsc1. The third-order valence-corrected chi connectivity index (χ3v) is 2.41. The van der Waals surface area contributed by atoms with E-state index in [2.05, 4.69) is 6.58 Å². The van der Waals surface area contributed by atoms with Crippen LogP contribution < -0.4 is 4.90 Å². The first-order chi connectivity index (χ1) is 7.44. The summed E-state index contributed by atoms with van der Waals surface area (Å²) in [6.45, 7) is 9.65. The lowest BCUT2D eigenvalue weighted by atomic mass is 10.2. The number of amides is 1. The zero-order valence-corrected chi connectivity index (χ0v) is 10.7. The molecule has 1 amide bonds. The molecule has 0 radical (unpaired) electrons. The minimum absolute atomic E-state index is 0.342. The summed E-state index contributed by atoms with van der Waals surface area (Å²) in [4.78, 5) is 13.5. The van der Waals surface area contributed by atoms with Crippen molar-refractivity contribution in [2.75, 3.05) is 11.4 Å². The van der Waals surface area contributed by atoms with Crippen molar-refractivity contribution in [3.05, 3.63) is 29.5 Å². The van der Waals surface area contributed by atoms with Gasteiger partial charge in [-0.05, 0) is 32.2 Å². The Morgan fingerprint density at radius 2 is 2.31 bits per heavy atom. The van der Waals surface area contributed by atoms with Crippen LogP contribution in [0.5, 0.6) is 0 Å². The van der Waals surface area contributed by atoms with Gasteiger partial charge in [0.15, 0.2) is 0 Å². The Hall–Kier alpha value is -1.29. The molecule has 1 aromatic rings. The molecule has 0 saturated heterocycles. The monoisotopic (exact) mass is 239 g/mol. The van der Waals surface area contributed by atoms with Gasteiger partial charge in [-0.1, -0.05) is 6.08 Å². The van der Waals surface area contributed by atoms with Crippen molar-refractivity contribution >= 4 is 23.1 Å². The molecule has 0 aliphatic rings. The molecule has 4 heteroatoms. The Bertz CT molecular complexity index is 352. The lowest BCUT2D eigenvalue weighted by molar-refractivity contribution is 0.0584. The first-order valence-corrected chi connectivity index (χ1v) is 6.02. The smallest absolute Gasteiger partial charge is 0.415 e. The number of nitrogens with zero attached hydrogens (tertiary/aromatic N) is 1. The molecule has 0 N–H and O–H groups in total. The molecule has 0 spiro atoms. The van der Waals surface area contributed by atoms with Crippen LogP contribution in [0.25, 0.3) is 0 Å². The molecule has 3 nitrogen and oxygen atoms in total. The maximum Gasteiger partial charge on any atom is 0.415 e. The first-order valence-electron chi connectivity index (χ1n) is 5.07. The Kier molecular flexibility index (Phi) is 4.12. The minimum Gasteiger partial charge on any atom is -0.443 e. The van der Waals surface area contributed by atoms with Crippen LogP contribution in [0.3, 0.4) is 0 Å². The Morgan fingerprint density at radius 1 is 1.62 bits per heavy atom. The van der Waals surface area contributed by atoms with E-state index in [1.165, 1.54) is 0 Å². The molecule has 0 fully saturated rings. The van der Waals surface area contributed by atoms with Gasteiger partial charge in [-0.15, -0.1) is 6.58 Å². The second kappa shape index (κ2) is 5.16. The van der Waals surface area contributed by atoms with E-state index in [1.54, 1.807) is 22.3 Å². The zero-order valence-electron chi connectivity index (χ0n) is 9.90. The van der Waals surface area contributed by atoms with Crippen molar-refractivity contribution in [2.24, 2.45) is 0 Å². The van der Waals surface area contributed by atoms with E-state index in [0.29, 0.717) is 6.54 Å². The zero-order chi connectivity index (χ0) is 12.2. The maximum atomic E-state index is 11.9. The highest BCUT2D eigenvalue weighted by Crippen LogP contribution is 2.20. The first kappa shape index (κ1) is 12.8. The number of anilines is 1. The number of carbonyl (C=O) groups is 1. The molecule has 16 heavy (non-hydrogen) atoms. The summed E-state index contributed by atoms with van der Waals surface area (Å²) in [5.41, 5.74) is 0.367. The number of hydrogen-bond donors (Lipinski definition) is 0. The fraction of sp³-hybridized carbons (Fsp3) is 0.417. The van der Waals surface area contributed by atoms with Crippen molar-refractivity contribution < 1.29 is 9.53 Å². The predicted octanol–water partition coefficient (Wildman–Crippen LogP) is 3.68. The number of rotatable bonds is 3. The number of thiophene rings is 1. The van der Waals surface area contributed by atoms with Gasteiger partial charge in [0.2, 0.25) is 0 Å². The Balaban J connectivity index is 2.78. The van der Waals surface area contributed by atoms with E-state index in [0.717, 1.165) is 5.69 Å². The highest BCUT2D eigenvalue weighted by molar-refractivity contribution is 7.08. The predicted molar refractivity (Wildman–Crippen MR) is 68.1 cm³/mol. The normalized spacial score (nSPS) is 10.9. The van der Waals surface area contributed by atoms with Crippen LogP contribution in [0.4, 0.5) is 10.5 Å². The molecule has 0 atom stereocenters. The lowest BCUT2D eigenvalue weighted by Crippen LogP contribution is -2.36. The van der Waals surface area contributed by atoms with Crippen LogP contribution >= 0.6 is 11.3 Å². The van der Waals surface area contributed by atoms with E-state index in [4.69, 9.17) is 4.74 Å². The summed E-state index contributed by atoms with van der Waals surface area (Å²) < 4.78 is 5.32. The second-order valence-corrected chi connectivity index (χ2v) is 5.14. The molecule has 0 aliphatic carbocycles. The fourth-order valence-electron chi connectivity index (χ4n) is 1.14. The van der Waals surface area contributed by atoms with Gasteiger partial charge in [0.25, 0.3) is 0 Å². The van der Waals surface area contributed by atoms with E-state index in [1.807, 2.05) is 37.6 Å². The molecule has 0 saturated carbocycles. The fourth-order valence-corrected chi connectivity index (χ4v) is 1.78. The van der Waals surface area contributed by atoms with Crippen LogP contribution in [-0.4, -0.2) is 18.2 Å². The summed E-state index contributed by atoms with van der Waals surface area (Å²) >= 11 is 1.55. The minimum atomic E-state index is -0.480. The Labute approximate surface area is 100 Å². The van der Waals surface area contributed by atoms with Crippen molar-refractivity contribution in [3.8, 4) is 0 Å².